The molecule has 0 fully saturated rings. The highest BCUT2D eigenvalue weighted by atomic mass is 16.4. The van der Waals surface area contributed by atoms with Crippen LogP contribution in [0.15, 0.2) is 63.8 Å². The lowest BCUT2D eigenvalue weighted by Gasteiger charge is -2.18. The molecule has 0 aliphatic heterocycles. The lowest BCUT2D eigenvalue weighted by Crippen LogP contribution is -2.22. The summed E-state index contributed by atoms with van der Waals surface area (Å²) in [5.74, 6) is -0.330. The number of hydrogen-bond donors (Lipinski definition) is 0. The predicted molar refractivity (Wildman–Crippen MR) is 86.7 cm³/mol. The zero-order chi connectivity index (χ0) is 15.7. The molecule has 0 amide bonds. The van der Waals surface area contributed by atoms with Gasteiger partial charge in [0.2, 0.25) is 5.78 Å². The molecule has 0 radical (unpaired) electrons. The van der Waals surface area contributed by atoms with Crippen LogP contribution in [0, 0.1) is 0 Å². The molecule has 0 saturated carbocycles. The van der Waals surface area contributed by atoms with Gasteiger partial charge in [-0.15, -0.1) is 0 Å². The third-order valence-corrected chi connectivity index (χ3v) is 3.50. The van der Waals surface area contributed by atoms with Gasteiger partial charge < -0.3 is 9.32 Å². The number of ketones is 1. The number of para-hydroxylation sites is 1. The van der Waals surface area contributed by atoms with Gasteiger partial charge in [-0.05, 0) is 12.1 Å². The van der Waals surface area contributed by atoms with Crippen LogP contribution in [0.5, 0.6) is 0 Å². The molecule has 1 heterocycles. The largest absolute Gasteiger partial charge is 0.422 e. The maximum absolute atomic E-state index is 12.7. The van der Waals surface area contributed by atoms with Crippen LogP contribution in [0.4, 0.5) is 5.69 Å². The number of rotatable bonds is 3. The molecule has 22 heavy (non-hydrogen) atoms. The number of hydrogen-bond acceptors (Lipinski definition) is 4. The fourth-order valence-corrected chi connectivity index (χ4v) is 2.53. The van der Waals surface area contributed by atoms with Crippen molar-refractivity contribution in [3.8, 4) is 0 Å². The minimum atomic E-state index is -0.615. The molecule has 0 unspecified atom stereocenters. The molecule has 0 N–H and O–H groups in total. The van der Waals surface area contributed by atoms with Crippen LogP contribution in [0.3, 0.4) is 0 Å². The predicted octanol–water partition coefficient (Wildman–Crippen LogP) is 3.09. The minimum Gasteiger partial charge on any atom is -0.422 e. The molecule has 0 bridgehead atoms. The lowest BCUT2D eigenvalue weighted by atomic mass is 10.0. The molecule has 0 aliphatic carbocycles. The van der Waals surface area contributed by atoms with Crippen molar-refractivity contribution in [2.75, 3.05) is 19.0 Å². The normalized spacial score (nSPS) is 10.6. The van der Waals surface area contributed by atoms with Crippen LogP contribution < -0.4 is 10.5 Å². The summed E-state index contributed by atoms with van der Waals surface area (Å²) in [5.41, 5.74) is 0.973. The van der Waals surface area contributed by atoms with Crippen LogP contribution in [0.25, 0.3) is 11.0 Å². The number of benzene rings is 2. The van der Waals surface area contributed by atoms with Crippen molar-refractivity contribution in [2.45, 2.75) is 0 Å². The van der Waals surface area contributed by atoms with Crippen LogP contribution >= 0.6 is 0 Å². The number of carbonyl (C=O) groups is 1. The lowest BCUT2D eigenvalue weighted by molar-refractivity contribution is 0.103. The Bertz CT molecular complexity index is 895. The van der Waals surface area contributed by atoms with Gasteiger partial charge in [0.25, 0.3) is 0 Å². The smallest absolute Gasteiger partial charge is 0.349 e. The second-order valence-electron chi connectivity index (χ2n) is 5.20. The van der Waals surface area contributed by atoms with E-state index in [0.717, 1.165) is 5.39 Å². The summed E-state index contributed by atoms with van der Waals surface area (Å²) in [7, 11) is 3.62. The van der Waals surface area contributed by atoms with Crippen LogP contribution in [0.1, 0.15) is 15.9 Å². The first-order valence-electron chi connectivity index (χ1n) is 6.92. The van der Waals surface area contributed by atoms with Crippen molar-refractivity contribution in [1.82, 2.24) is 0 Å². The minimum absolute atomic E-state index is 0.0647. The average molecular weight is 293 g/mol. The third-order valence-electron chi connectivity index (χ3n) is 3.50. The highest BCUT2D eigenvalue weighted by molar-refractivity contribution is 6.15. The highest BCUT2D eigenvalue weighted by Gasteiger charge is 2.23. The van der Waals surface area contributed by atoms with Gasteiger partial charge in [0.05, 0.1) is 5.69 Å². The molecule has 2 aromatic carbocycles. The molecule has 1 aromatic heterocycles. The molecule has 4 heteroatoms. The summed E-state index contributed by atoms with van der Waals surface area (Å²) in [6.45, 7) is 0. The van der Waals surface area contributed by atoms with Gasteiger partial charge in [-0.2, -0.15) is 0 Å². The van der Waals surface area contributed by atoms with Gasteiger partial charge in [0.15, 0.2) is 0 Å². The molecule has 0 saturated heterocycles. The molecule has 3 rings (SSSR count). The summed E-state index contributed by atoms with van der Waals surface area (Å²) in [6, 6.07) is 16.0. The molecule has 110 valence electrons. The Morgan fingerprint density at radius 2 is 1.59 bits per heavy atom. The van der Waals surface area contributed by atoms with E-state index < -0.39 is 5.63 Å². The Labute approximate surface area is 127 Å². The Morgan fingerprint density at radius 1 is 0.955 bits per heavy atom. The highest BCUT2D eigenvalue weighted by Crippen LogP contribution is 2.28. The van der Waals surface area contributed by atoms with Crippen LogP contribution in [-0.2, 0) is 0 Å². The van der Waals surface area contributed by atoms with Crippen molar-refractivity contribution >= 4 is 22.4 Å². The molecule has 0 aliphatic rings. The van der Waals surface area contributed by atoms with E-state index in [1.54, 1.807) is 41.3 Å². The van der Waals surface area contributed by atoms with Crippen LogP contribution in [-0.4, -0.2) is 19.9 Å². The van der Waals surface area contributed by atoms with E-state index in [4.69, 9.17) is 4.42 Å². The summed E-state index contributed by atoms with van der Waals surface area (Å²) in [4.78, 5) is 26.9. The van der Waals surface area contributed by atoms with E-state index >= 15 is 0 Å². The van der Waals surface area contributed by atoms with Gasteiger partial charge in [-0.1, -0.05) is 42.5 Å². The Hall–Kier alpha value is -2.88. The SMILES string of the molecule is CN(C)c1c(C(=O)c2ccccc2)c(=O)oc2ccccc12. The Balaban J connectivity index is 2.34. The molecule has 3 aromatic rings. The van der Waals surface area contributed by atoms with E-state index in [-0.39, 0.29) is 11.3 Å². The summed E-state index contributed by atoms with van der Waals surface area (Å²) in [5, 5.41) is 0.742. The standard InChI is InChI=1S/C18H15NO3/c1-19(2)16-13-10-6-7-11-14(13)22-18(21)15(16)17(20)12-8-4-3-5-9-12/h3-11H,1-2H3. The fourth-order valence-electron chi connectivity index (χ4n) is 2.53. The average Bonchev–Trinajstić information content (AvgIpc) is 2.53. The van der Waals surface area contributed by atoms with E-state index in [1.165, 1.54) is 0 Å². The Kier molecular flexibility index (Phi) is 3.51. The third kappa shape index (κ3) is 2.29. The van der Waals surface area contributed by atoms with Crippen molar-refractivity contribution in [1.29, 1.82) is 0 Å². The van der Waals surface area contributed by atoms with Gasteiger partial charge in [0.1, 0.15) is 11.1 Å². The maximum atomic E-state index is 12.7. The van der Waals surface area contributed by atoms with E-state index in [0.29, 0.717) is 16.8 Å². The first-order chi connectivity index (χ1) is 10.6. The summed E-state index contributed by atoms with van der Waals surface area (Å²) < 4.78 is 5.32. The van der Waals surface area contributed by atoms with Gasteiger partial charge >= 0.3 is 5.63 Å². The molecular weight excluding hydrogens is 278 g/mol. The zero-order valence-electron chi connectivity index (χ0n) is 12.4. The van der Waals surface area contributed by atoms with Gasteiger partial charge in [0, 0.05) is 25.0 Å². The Morgan fingerprint density at radius 3 is 2.27 bits per heavy atom. The summed E-state index contributed by atoms with van der Waals surface area (Å²) in [6.07, 6.45) is 0. The van der Waals surface area contributed by atoms with E-state index in [2.05, 4.69) is 0 Å². The zero-order valence-corrected chi connectivity index (χ0v) is 12.4. The van der Waals surface area contributed by atoms with E-state index in [9.17, 15) is 9.59 Å². The quantitative estimate of drug-likeness (QED) is 0.550. The monoisotopic (exact) mass is 293 g/mol. The number of anilines is 1. The topological polar surface area (TPSA) is 50.5 Å². The van der Waals surface area contributed by atoms with Crippen molar-refractivity contribution < 1.29 is 9.21 Å². The number of carbonyl (C=O) groups excluding carboxylic acids is 1. The number of fused-ring (bicyclic) bond motifs is 1. The second kappa shape index (κ2) is 5.48. The van der Waals surface area contributed by atoms with Crippen molar-refractivity contribution in [3.63, 3.8) is 0 Å². The maximum Gasteiger partial charge on any atom is 0.349 e. The van der Waals surface area contributed by atoms with Crippen molar-refractivity contribution in [3.05, 3.63) is 76.1 Å². The van der Waals surface area contributed by atoms with Crippen molar-refractivity contribution in [2.24, 2.45) is 0 Å². The number of nitrogens with zero attached hydrogens (tertiary/aromatic N) is 1. The molecule has 4 nitrogen and oxygen atoms in total. The second-order valence-corrected chi connectivity index (χ2v) is 5.20. The molecule has 0 atom stereocenters. The molecule has 0 spiro atoms. The fraction of sp³-hybridized carbons (Fsp3) is 0.111. The summed E-state index contributed by atoms with van der Waals surface area (Å²) >= 11 is 0. The molecular formula is C18H15NO3. The first-order valence-corrected chi connectivity index (χ1v) is 6.92. The first kappa shape index (κ1) is 14.1. The van der Waals surface area contributed by atoms with Gasteiger partial charge in [-0.25, -0.2) is 4.79 Å². The van der Waals surface area contributed by atoms with E-state index in [1.807, 2.05) is 32.3 Å². The van der Waals surface area contributed by atoms with Gasteiger partial charge in [-0.3, -0.25) is 4.79 Å². The van der Waals surface area contributed by atoms with Crippen LogP contribution in [0.2, 0.25) is 0 Å².